The predicted octanol–water partition coefficient (Wildman–Crippen LogP) is 2.56. The van der Waals surface area contributed by atoms with Gasteiger partial charge in [-0.1, -0.05) is 31.9 Å². The highest BCUT2D eigenvalue weighted by molar-refractivity contribution is 5.99. The van der Waals surface area contributed by atoms with Crippen molar-refractivity contribution in [2.24, 2.45) is 5.92 Å². The number of anilines is 2. The van der Waals surface area contributed by atoms with Gasteiger partial charge in [-0.25, -0.2) is 0 Å². The molecule has 1 aliphatic carbocycles. The maximum Gasteiger partial charge on any atom is 0.229 e. The van der Waals surface area contributed by atoms with Crippen molar-refractivity contribution in [3.8, 4) is 0 Å². The lowest BCUT2D eigenvalue weighted by molar-refractivity contribution is -0.129. The van der Waals surface area contributed by atoms with E-state index >= 15 is 0 Å². The summed E-state index contributed by atoms with van der Waals surface area (Å²) in [5.74, 6) is -0.109. The largest absolute Gasteiger partial charge is 0.367 e. The molecule has 3 aliphatic rings. The van der Waals surface area contributed by atoms with Gasteiger partial charge >= 0.3 is 0 Å². The van der Waals surface area contributed by atoms with Crippen molar-refractivity contribution in [3.63, 3.8) is 0 Å². The maximum absolute atomic E-state index is 12.9. The Morgan fingerprint density at radius 1 is 1.11 bits per heavy atom. The van der Waals surface area contributed by atoms with E-state index in [4.69, 9.17) is 0 Å². The zero-order valence-corrected chi connectivity index (χ0v) is 16.9. The summed E-state index contributed by atoms with van der Waals surface area (Å²) in [4.78, 5) is 32.1. The number of para-hydroxylation sites is 2. The first-order chi connectivity index (χ1) is 13.7. The number of likely N-dealkylation sites (tertiary alicyclic amines) is 1. The summed E-state index contributed by atoms with van der Waals surface area (Å²) < 4.78 is 0. The fourth-order valence-electron chi connectivity index (χ4n) is 4.87. The number of likely N-dealkylation sites (N-methyl/N-ethyl adjacent to an activating group) is 1. The van der Waals surface area contributed by atoms with Gasteiger partial charge in [-0.15, -0.1) is 0 Å². The standard InChI is InChI=1S/C22H32N4O2/c1-2-24-11-13-25(14-12-24)20-10-6-5-9-19(20)23-22(28)17-15-21(27)26(16-17)18-7-3-4-8-18/h5-6,9-10,17-18H,2-4,7-8,11-16H2,1H3,(H,23,28). The van der Waals surface area contributed by atoms with Crippen molar-refractivity contribution < 1.29 is 9.59 Å². The molecule has 6 nitrogen and oxygen atoms in total. The quantitative estimate of drug-likeness (QED) is 0.848. The van der Waals surface area contributed by atoms with Crippen molar-refractivity contribution in [1.29, 1.82) is 0 Å². The number of benzene rings is 1. The van der Waals surface area contributed by atoms with E-state index < -0.39 is 0 Å². The third-order valence-electron chi connectivity index (χ3n) is 6.62. The summed E-state index contributed by atoms with van der Waals surface area (Å²) in [6.45, 7) is 7.89. The average molecular weight is 385 g/mol. The lowest BCUT2D eigenvalue weighted by Gasteiger charge is -2.36. The topological polar surface area (TPSA) is 55.9 Å². The van der Waals surface area contributed by atoms with Crippen LogP contribution in [-0.4, -0.2) is 66.9 Å². The smallest absolute Gasteiger partial charge is 0.229 e. The molecule has 1 unspecified atom stereocenters. The van der Waals surface area contributed by atoms with Crippen LogP contribution in [0.5, 0.6) is 0 Å². The van der Waals surface area contributed by atoms with Crippen molar-refractivity contribution in [2.75, 3.05) is 49.5 Å². The first-order valence-electron chi connectivity index (χ1n) is 10.8. The van der Waals surface area contributed by atoms with E-state index in [-0.39, 0.29) is 17.7 Å². The molecule has 2 amide bonds. The highest BCUT2D eigenvalue weighted by Gasteiger charge is 2.38. The molecule has 2 heterocycles. The summed E-state index contributed by atoms with van der Waals surface area (Å²) >= 11 is 0. The number of piperazine rings is 1. The van der Waals surface area contributed by atoms with Gasteiger partial charge in [-0.3, -0.25) is 9.59 Å². The Bertz CT molecular complexity index is 708. The number of carbonyl (C=O) groups is 2. The van der Waals surface area contributed by atoms with Gasteiger partial charge in [0, 0.05) is 45.2 Å². The highest BCUT2D eigenvalue weighted by atomic mass is 16.2. The molecule has 6 heteroatoms. The van der Waals surface area contributed by atoms with Crippen LogP contribution in [0.1, 0.15) is 39.0 Å². The number of nitrogens with zero attached hydrogens (tertiary/aromatic N) is 3. The van der Waals surface area contributed by atoms with Gasteiger partial charge in [0.15, 0.2) is 0 Å². The van der Waals surface area contributed by atoms with Gasteiger partial charge in [-0.2, -0.15) is 0 Å². The summed E-state index contributed by atoms with van der Waals surface area (Å²) in [7, 11) is 0. The van der Waals surface area contributed by atoms with Gasteiger partial charge in [-0.05, 0) is 31.5 Å². The van der Waals surface area contributed by atoms with Crippen LogP contribution in [0.3, 0.4) is 0 Å². The number of hydrogen-bond donors (Lipinski definition) is 1. The Morgan fingerprint density at radius 2 is 1.82 bits per heavy atom. The monoisotopic (exact) mass is 384 g/mol. The van der Waals surface area contributed by atoms with E-state index in [1.807, 2.05) is 23.1 Å². The third-order valence-corrected chi connectivity index (χ3v) is 6.62. The van der Waals surface area contributed by atoms with Crippen LogP contribution in [0.4, 0.5) is 11.4 Å². The molecule has 0 aromatic heterocycles. The Morgan fingerprint density at radius 3 is 2.54 bits per heavy atom. The summed E-state index contributed by atoms with van der Waals surface area (Å²) in [6.07, 6.45) is 4.92. The fraction of sp³-hybridized carbons (Fsp3) is 0.636. The average Bonchev–Trinajstić information content (AvgIpc) is 3.38. The molecule has 1 saturated carbocycles. The lowest BCUT2D eigenvalue weighted by atomic mass is 10.1. The molecule has 2 aliphatic heterocycles. The molecule has 3 fully saturated rings. The van der Waals surface area contributed by atoms with Gasteiger partial charge in [0.1, 0.15) is 0 Å². The molecular weight excluding hydrogens is 352 g/mol. The fourth-order valence-corrected chi connectivity index (χ4v) is 4.87. The molecule has 152 valence electrons. The van der Waals surface area contributed by atoms with Crippen LogP contribution in [-0.2, 0) is 9.59 Å². The third kappa shape index (κ3) is 4.02. The number of amides is 2. The predicted molar refractivity (Wildman–Crippen MR) is 111 cm³/mol. The molecule has 2 saturated heterocycles. The Balaban J connectivity index is 1.40. The molecule has 4 rings (SSSR count). The van der Waals surface area contributed by atoms with Crippen LogP contribution in [0, 0.1) is 5.92 Å². The normalized spacial score (nSPS) is 24.2. The van der Waals surface area contributed by atoms with Crippen molar-refractivity contribution in [1.82, 2.24) is 9.80 Å². The molecule has 0 spiro atoms. The van der Waals surface area contributed by atoms with Gasteiger partial charge in [0.2, 0.25) is 11.8 Å². The number of rotatable bonds is 5. The zero-order valence-electron chi connectivity index (χ0n) is 16.9. The molecule has 0 bridgehead atoms. The maximum atomic E-state index is 12.9. The summed E-state index contributed by atoms with van der Waals surface area (Å²) in [5.41, 5.74) is 1.95. The Kier molecular flexibility index (Phi) is 5.85. The minimum absolute atomic E-state index is 0.0199. The number of hydrogen-bond acceptors (Lipinski definition) is 4. The SMILES string of the molecule is CCN1CCN(c2ccccc2NC(=O)C2CC(=O)N(C3CCCC3)C2)CC1. The zero-order chi connectivity index (χ0) is 19.5. The molecule has 1 aromatic carbocycles. The van der Waals surface area contributed by atoms with E-state index in [0.29, 0.717) is 19.0 Å². The second-order valence-corrected chi connectivity index (χ2v) is 8.31. The summed E-state index contributed by atoms with van der Waals surface area (Å²) in [5, 5.41) is 3.13. The summed E-state index contributed by atoms with van der Waals surface area (Å²) in [6, 6.07) is 8.41. The van der Waals surface area contributed by atoms with Crippen molar-refractivity contribution in [3.05, 3.63) is 24.3 Å². The number of nitrogens with one attached hydrogen (secondary N) is 1. The highest BCUT2D eigenvalue weighted by Crippen LogP contribution is 2.31. The molecule has 1 aromatic rings. The van der Waals surface area contributed by atoms with Crippen LogP contribution in [0.25, 0.3) is 0 Å². The second-order valence-electron chi connectivity index (χ2n) is 8.31. The van der Waals surface area contributed by atoms with E-state index in [0.717, 1.165) is 56.9 Å². The van der Waals surface area contributed by atoms with E-state index in [2.05, 4.69) is 28.1 Å². The van der Waals surface area contributed by atoms with Crippen LogP contribution in [0.15, 0.2) is 24.3 Å². The molecular formula is C22H32N4O2. The Hall–Kier alpha value is -2.08. The van der Waals surface area contributed by atoms with Crippen LogP contribution in [0.2, 0.25) is 0 Å². The van der Waals surface area contributed by atoms with Crippen molar-refractivity contribution >= 4 is 23.2 Å². The molecule has 1 atom stereocenters. The lowest BCUT2D eigenvalue weighted by Crippen LogP contribution is -2.46. The number of carbonyl (C=O) groups excluding carboxylic acids is 2. The molecule has 28 heavy (non-hydrogen) atoms. The second kappa shape index (κ2) is 8.52. The van der Waals surface area contributed by atoms with Crippen LogP contribution < -0.4 is 10.2 Å². The van der Waals surface area contributed by atoms with Gasteiger partial charge in [0.25, 0.3) is 0 Å². The van der Waals surface area contributed by atoms with Gasteiger partial charge in [0.05, 0.1) is 17.3 Å². The minimum Gasteiger partial charge on any atom is -0.367 e. The Labute approximate surface area is 167 Å². The molecule has 1 N–H and O–H groups in total. The van der Waals surface area contributed by atoms with E-state index in [1.54, 1.807) is 0 Å². The van der Waals surface area contributed by atoms with Crippen molar-refractivity contribution in [2.45, 2.75) is 45.1 Å². The van der Waals surface area contributed by atoms with Gasteiger partial charge < -0.3 is 20.0 Å². The first kappa shape index (κ1) is 19.2. The van der Waals surface area contributed by atoms with E-state index in [1.165, 1.54) is 12.8 Å². The molecule has 0 radical (unpaired) electrons. The van der Waals surface area contributed by atoms with E-state index in [9.17, 15) is 9.59 Å². The first-order valence-corrected chi connectivity index (χ1v) is 10.8. The van der Waals surface area contributed by atoms with Crippen LogP contribution >= 0.6 is 0 Å². The minimum atomic E-state index is -0.238.